The third-order valence-electron chi connectivity index (χ3n) is 6.33. The van der Waals surface area contributed by atoms with E-state index in [1.807, 2.05) is 37.3 Å². The molecule has 0 saturated heterocycles. The largest absolute Gasteiger partial charge is 0.354 e. The van der Waals surface area contributed by atoms with Gasteiger partial charge in [-0.2, -0.15) is 0 Å². The molecule has 12 heteroatoms. The Morgan fingerprint density at radius 3 is 2.22 bits per heavy atom. The van der Waals surface area contributed by atoms with Gasteiger partial charge in [-0.05, 0) is 47.9 Å². The maximum Gasteiger partial charge on any atom is 0.244 e. The average Bonchev–Trinajstić information content (AvgIpc) is 2.92. The van der Waals surface area contributed by atoms with Crippen LogP contribution in [0.15, 0.2) is 66.7 Å². The van der Waals surface area contributed by atoms with Crippen molar-refractivity contribution in [2.75, 3.05) is 23.7 Å². The summed E-state index contributed by atoms with van der Waals surface area (Å²) in [5.41, 5.74) is 1.53. The summed E-state index contributed by atoms with van der Waals surface area (Å²) in [5, 5.41) is 4.02. The lowest BCUT2D eigenvalue weighted by molar-refractivity contribution is -0.140. The fourth-order valence-corrected chi connectivity index (χ4v) is 5.75. The molecule has 0 radical (unpaired) electrons. The van der Waals surface area contributed by atoms with Crippen LogP contribution in [0.1, 0.15) is 30.9 Å². The van der Waals surface area contributed by atoms with Crippen LogP contribution in [0.5, 0.6) is 0 Å². The number of hydrogen-bond acceptors (Lipinski definition) is 4. The number of nitrogens with zero attached hydrogens (tertiary/aromatic N) is 2. The standard InChI is InChI=1S/C29H31Cl4N3O4S/c1-3-4-14-34-29(38)27(15-20-8-6-5-7-9-20)35(18-21-10-11-22(30)16-25(21)32)28(37)19-36(41(2,39)40)23-12-13-24(31)26(33)17-23/h5-13,16-17,27H,3-4,14-15,18-19H2,1-2H3,(H,34,38). The maximum absolute atomic E-state index is 14.1. The summed E-state index contributed by atoms with van der Waals surface area (Å²) in [6.07, 6.45) is 2.82. The normalized spacial score (nSPS) is 12.0. The van der Waals surface area contributed by atoms with Gasteiger partial charge in [0.2, 0.25) is 21.8 Å². The number of unbranched alkanes of at least 4 members (excludes halogenated alkanes) is 1. The molecule has 1 unspecified atom stereocenters. The highest BCUT2D eigenvalue weighted by molar-refractivity contribution is 7.92. The van der Waals surface area contributed by atoms with Gasteiger partial charge in [0.25, 0.3) is 0 Å². The highest BCUT2D eigenvalue weighted by atomic mass is 35.5. The van der Waals surface area contributed by atoms with Crippen molar-refractivity contribution in [1.29, 1.82) is 0 Å². The van der Waals surface area contributed by atoms with Crippen molar-refractivity contribution in [1.82, 2.24) is 10.2 Å². The molecule has 0 aromatic heterocycles. The van der Waals surface area contributed by atoms with E-state index < -0.39 is 28.5 Å². The molecule has 0 fully saturated rings. The van der Waals surface area contributed by atoms with Crippen LogP contribution in [0.25, 0.3) is 0 Å². The summed E-state index contributed by atoms with van der Waals surface area (Å²) >= 11 is 24.8. The van der Waals surface area contributed by atoms with E-state index >= 15 is 0 Å². The van der Waals surface area contributed by atoms with Gasteiger partial charge in [-0.15, -0.1) is 0 Å². The Labute approximate surface area is 261 Å². The van der Waals surface area contributed by atoms with E-state index in [0.29, 0.717) is 22.2 Å². The van der Waals surface area contributed by atoms with E-state index in [1.54, 1.807) is 18.2 Å². The van der Waals surface area contributed by atoms with Crippen LogP contribution in [0.4, 0.5) is 5.69 Å². The minimum Gasteiger partial charge on any atom is -0.354 e. The number of anilines is 1. The SMILES string of the molecule is CCCCNC(=O)C(Cc1ccccc1)N(Cc1ccc(Cl)cc1Cl)C(=O)CN(c1ccc(Cl)c(Cl)c1)S(C)(=O)=O. The molecule has 1 atom stereocenters. The van der Waals surface area contributed by atoms with Crippen LogP contribution in [-0.4, -0.2) is 50.5 Å². The Balaban J connectivity index is 2.07. The first-order valence-electron chi connectivity index (χ1n) is 12.9. The highest BCUT2D eigenvalue weighted by Gasteiger charge is 2.33. The molecule has 0 aliphatic carbocycles. The highest BCUT2D eigenvalue weighted by Crippen LogP contribution is 2.29. The van der Waals surface area contributed by atoms with Crippen LogP contribution < -0.4 is 9.62 Å². The molecule has 0 saturated carbocycles. The van der Waals surface area contributed by atoms with Crippen molar-refractivity contribution in [3.63, 3.8) is 0 Å². The first-order valence-corrected chi connectivity index (χ1v) is 16.2. The number of benzene rings is 3. The molecule has 7 nitrogen and oxygen atoms in total. The zero-order valence-corrected chi connectivity index (χ0v) is 26.5. The molecule has 0 aliphatic heterocycles. The summed E-state index contributed by atoms with van der Waals surface area (Å²) < 4.78 is 26.7. The molecule has 3 rings (SSSR count). The van der Waals surface area contributed by atoms with Crippen molar-refractivity contribution in [3.05, 3.63) is 97.9 Å². The quantitative estimate of drug-likeness (QED) is 0.209. The molecule has 2 amide bonds. The van der Waals surface area contributed by atoms with Crippen LogP contribution in [0.2, 0.25) is 20.1 Å². The fraction of sp³-hybridized carbons (Fsp3) is 0.310. The summed E-state index contributed by atoms with van der Waals surface area (Å²) in [5.74, 6) is -0.972. The van der Waals surface area contributed by atoms with Gasteiger partial charge in [-0.1, -0.05) is 96.1 Å². The van der Waals surface area contributed by atoms with Gasteiger partial charge in [0.05, 0.1) is 22.0 Å². The van der Waals surface area contributed by atoms with E-state index in [0.717, 1.165) is 29.0 Å². The van der Waals surface area contributed by atoms with Crippen LogP contribution in [0, 0.1) is 0 Å². The molecular weight excluding hydrogens is 628 g/mol. The number of hydrogen-bond donors (Lipinski definition) is 1. The molecule has 3 aromatic rings. The number of halogens is 4. The second kappa shape index (κ2) is 15.1. The lowest BCUT2D eigenvalue weighted by Crippen LogP contribution is -2.53. The zero-order valence-electron chi connectivity index (χ0n) is 22.6. The predicted molar refractivity (Wildman–Crippen MR) is 168 cm³/mol. The second-order valence-corrected chi connectivity index (χ2v) is 13.0. The van der Waals surface area contributed by atoms with Crippen LogP contribution in [0.3, 0.4) is 0 Å². The summed E-state index contributed by atoms with van der Waals surface area (Å²) in [4.78, 5) is 29.1. The van der Waals surface area contributed by atoms with Crippen LogP contribution in [-0.2, 0) is 32.6 Å². The third-order valence-corrected chi connectivity index (χ3v) is 8.79. The minimum atomic E-state index is -3.95. The molecule has 0 spiro atoms. The van der Waals surface area contributed by atoms with E-state index in [9.17, 15) is 18.0 Å². The molecule has 0 heterocycles. The summed E-state index contributed by atoms with van der Waals surface area (Å²) in [6.45, 7) is 1.79. The monoisotopic (exact) mass is 657 g/mol. The van der Waals surface area contributed by atoms with E-state index in [2.05, 4.69) is 5.32 Å². The number of rotatable bonds is 13. The Hall–Kier alpha value is -2.49. The molecule has 0 bridgehead atoms. The number of carbonyl (C=O) groups is 2. The average molecular weight is 659 g/mol. The Bertz CT molecular complexity index is 1470. The first kappa shape index (κ1) is 33.0. The smallest absolute Gasteiger partial charge is 0.244 e. The Morgan fingerprint density at radius 1 is 0.902 bits per heavy atom. The predicted octanol–water partition coefficient (Wildman–Crippen LogP) is 6.62. The molecule has 0 aliphatic rings. The Morgan fingerprint density at radius 2 is 1.61 bits per heavy atom. The van der Waals surface area contributed by atoms with Crippen LogP contribution >= 0.6 is 46.4 Å². The van der Waals surface area contributed by atoms with E-state index in [1.165, 1.54) is 23.1 Å². The number of sulfonamides is 1. The van der Waals surface area contributed by atoms with Gasteiger partial charge in [0.1, 0.15) is 12.6 Å². The van der Waals surface area contributed by atoms with Crippen molar-refractivity contribution in [3.8, 4) is 0 Å². The van der Waals surface area contributed by atoms with Crippen molar-refractivity contribution >= 4 is 73.9 Å². The van der Waals surface area contributed by atoms with E-state index in [4.69, 9.17) is 46.4 Å². The lowest BCUT2D eigenvalue weighted by atomic mass is 10.0. The van der Waals surface area contributed by atoms with Crippen molar-refractivity contribution in [2.24, 2.45) is 0 Å². The van der Waals surface area contributed by atoms with E-state index in [-0.39, 0.29) is 34.6 Å². The van der Waals surface area contributed by atoms with Gasteiger partial charge in [-0.3, -0.25) is 13.9 Å². The maximum atomic E-state index is 14.1. The number of amides is 2. The number of nitrogens with one attached hydrogen (secondary N) is 1. The molecule has 220 valence electrons. The van der Waals surface area contributed by atoms with Gasteiger partial charge in [0, 0.05) is 29.6 Å². The fourth-order valence-electron chi connectivity index (χ4n) is 4.15. The second-order valence-electron chi connectivity index (χ2n) is 9.48. The molecule has 3 aromatic carbocycles. The van der Waals surface area contributed by atoms with Crippen molar-refractivity contribution < 1.29 is 18.0 Å². The third kappa shape index (κ3) is 9.51. The van der Waals surface area contributed by atoms with Gasteiger partial charge < -0.3 is 10.2 Å². The first-order chi connectivity index (χ1) is 19.4. The van der Waals surface area contributed by atoms with Gasteiger partial charge in [-0.25, -0.2) is 8.42 Å². The van der Waals surface area contributed by atoms with Gasteiger partial charge in [0.15, 0.2) is 0 Å². The molecule has 1 N–H and O–H groups in total. The molecular formula is C29H31Cl4N3O4S. The topological polar surface area (TPSA) is 86.8 Å². The van der Waals surface area contributed by atoms with Crippen molar-refractivity contribution in [2.45, 2.75) is 38.8 Å². The summed E-state index contributed by atoms with van der Waals surface area (Å²) in [7, 11) is -3.95. The number of carbonyl (C=O) groups excluding carboxylic acids is 2. The lowest BCUT2D eigenvalue weighted by Gasteiger charge is -2.33. The zero-order chi connectivity index (χ0) is 30.2. The van der Waals surface area contributed by atoms with Gasteiger partial charge >= 0.3 is 0 Å². The Kier molecular flexibility index (Phi) is 12.2. The summed E-state index contributed by atoms with van der Waals surface area (Å²) in [6, 6.07) is 17.5. The minimum absolute atomic E-state index is 0.0630. The molecule has 41 heavy (non-hydrogen) atoms.